The minimum absolute atomic E-state index is 0.188. The zero-order valence-corrected chi connectivity index (χ0v) is 13.2. The van der Waals surface area contributed by atoms with Crippen LogP contribution in [0.4, 0.5) is 0 Å². The predicted molar refractivity (Wildman–Crippen MR) is 87.0 cm³/mol. The molecule has 0 unspecified atom stereocenters. The summed E-state index contributed by atoms with van der Waals surface area (Å²) in [5.41, 5.74) is 0.711. The fourth-order valence-corrected chi connectivity index (χ4v) is 2.75. The normalized spacial score (nSPS) is 11.8. The van der Waals surface area contributed by atoms with Gasteiger partial charge in [-0.05, 0) is 17.7 Å². The first-order chi connectivity index (χ1) is 11.5. The third kappa shape index (κ3) is 4.02. The van der Waals surface area contributed by atoms with Gasteiger partial charge in [-0.1, -0.05) is 30.3 Å². The molecule has 24 heavy (non-hydrogen) atoms. The molecule has 1 aromatic carbocycles. The average Bonchev–Trinajstić information content (AvgIpc) is 2.95. The van der Waals surface area contributed by atoms with E-state index in [0.29, 0.717) is 11.3 Å². The number of amides is 1. The number of aromatic nitrogens is 4. The summed E-state index contributed by atoms with van der Waals surface area (Å²) in [4.78, 5) is 19.9. The van der Waals surface area contributed by atoms with E-state index in [-0.39, 0.29) is 12.2 Å². The number of carbonyl (C=O) groups excluding carboxylic acids is 1. The minimum atomic E-state index is -3.89. The lowest BCUT2D eigenvalue weighted by Crippen LogP contribution is -2.30. The van der Waals surface area contributed by atoms with Gasteiger partial charge in [0.25, 0.3) is 15.8 Å². The van der Waals surface area contributed by atoms with Gasteiger partial charge < -0.3 is 0 Å². The van der Waals surface area contributed by atoms with E-state index in [1.807, 2.05) is 10.8 Å². The van der Waals surface area contributed by atoms with Crippen molar-refractivity contribution in [2.75, 3.05) is 0 Å². The highest BCUT2D eigenvalue weighted by Crippen LogP contribution is 2.03. The molecule has 3 rings (SSSR count). The van der Waals surface area contributed by atoms with Crippen molar-refractivity contribution < 1.29 is 13.2 Å². The van der Waals surface area contributed by atoms with Crippen LogP contribution in [0.3, 0.4) is 0 Å². The van der Waals surface area contributed by atoms with Gasteiger partial charge in [-0.3, -0.25) is 4.79 Å². The van der Waals surface area contributed by atoms with Crippen LogP contribution in [0.1, 0.15) is 11.4 Å². The molecule has 2 aromatic heterocycles. The monoisotopic (exact) mass is 343 g/mol. The van der Waals surface area contributed by atoms with Gasteiger partial charge in [-0.25, -0.2) is 22.6 Å². The standard InChI is InChI=1S/C15H13N5O3S/c21-14(11-13-17-15-16-8-4-9-20(15)18-13)19-24(22,23)10-7-12-5-2-1-3-6-12/h1-10H,11H2,(H,19,21). The summed E-state index contributed by atoms with van der Waals surface area (Å²) < 4.78 is 27.2. The molecule has 0 atom stereocenters. The third-order valence-electron chi connectivity index (χ3n) is 2.97. The Morgan fingerprint density at radius 2 is 2.00 bits per heavy atom. The molecule has 0 aliphatic heterocycles. The predicted octanol–water partition coefficient (Wildman–Crippen LogP) is 0.784. The Kier molecular flexibility index (Phi) is 4.34. The fraction of sp³-hybridized carbons (Fsp3) is 0.0667. The van der Waals surface area contributed by atoms with Crippen molar-refractivity contribution >= 4 is 27.8 Å². The van der Waals surface area contributed by atoms with Crippen LogP contribution in [-0.4, -0.2) is 33.9 Å². The van der Waals surface area contributed by atoms with Crippen LogP contribution >= 0.6 is 0 Å². The third-order valence-corrected chi connectivity index (χ3v) is 3.98. The second-order valence-electron chi connectivity index (χ2n) is 4.85. The Morgan fingerprint density at radius 1 is 1.21 bits per heavy atom. The quantitative estimate of drug-likeness (QED) is 0.734. The maximum atomic E-state index is 11.9. The lowest BCUT2D eigenvalue weighted by atomic mass is 10.2. The van der Waals surface area contributed by atoms with Crippen molar-refractivity contribution in [2.45, 2.75) is 6.42 Å². The van der Waals surface area contributed by atoms with Gasteiger partial charge in [-0.2, -0.15) is 4.98 Å². The average molecular weight is 343 g/mol. The summed E-state index contributed by atoms with van der Waals surface area (Å²) >= 11 is 0. The smallest absolute Gasteiger partial charge is 0.257 e. The molecule has 8 nitrogen and oxygen atoms in total. The van der Waals surface area contributed by atoms with Crippen molar-refractivity contribution in [3.8, 4) is 0 Å². The topological polar surface area (TPSA) is 106 Å². The van der Waals surface area contributed by atoms with Crippen molar-refractivity contribution in [1.29, 1.82) is 0 Å². The Labute approximate surface area is 137 Å². The molecule has 1 amide bonds. The van der Waals surface area contributed by atoms with Gasteiger partial charge in [0.15, 0.2) is 5.82 Å². The largest absolute Gasteiger partial charge is 0.274 e. The lowest BCUT2D eigenvalue weighted by molar-refractivity contribution is -0.118. The molecule has 3 aromatic rings. The van der Waals surface area contributed by atoms with Crippen LogP contribution in [0.2, 0.25) is 0 Å². The van der Waals surface area contributed by atoms with Crippen molar-refractivity contribution in [2.24, 2.45) is 0 Å². The second-order valence-corrected chi connectivity index (χ2v) is 6.42. The number of nitrogens with one attached hydrogen (secondary N) is 1. The second kappa shape index (κ2) is 6.59. The summed E-state index contributed by atoms with van der Waals surface area (Å²) in [6.45, 7) is 0. The zero-order chi connectivity index (χ0) is 17.0. The lowest BCUT2D eigenvalue weighted by Gasteiger charge is -2.01. The molecule has 0 aliphatic rings. The Bertz CT molecular complexity index is 963. The van der Waals surface area contributed by atoms with Gasteiger partial charge >= 0.3 is 0 Å². The fourth-order valence-electron chi connectivity index (χ4n) is 1.96. The van der Waals surface area contributed by atoms with E-state index < -0.39 is 15.9 Å². The number of fused-ring (bicyclic) bond motifs is 1. The number of hydrogen-bond donors (Lipinski definition) is 1. The van der Waals surface area contributed by atoms with Gasteiger partial charge in [0.05, 0.1) is 11.8 Å². The number of hydrogen-bond acceptors (Lipinski definition) is 6. The Hall–Kier alpha value is -3.07. The number of nitrogens with zero attached hydrogens (tertiary/aromatic N) is 4. The highest BCUT2D eigenvalue weighted by molar-refractivity contribution is 7.93. The molecule has 0 bridgehead atoms. The molecule has 122 valence electrons. The number of rotatable bonds is 5. The Morgan fingerprint density at radius 3 is 2.75 bits per heavy atom. The van der Waals surface area contributed by atoms with E-state index in [1.165, 1.54) is 10.6 Å². The van der Waals surface area contributed by atoms with Crippen LogP contribution in [0.15, 0.2) is 54.2 Å². The number of sulfonamides is 1. The molecule has 0 radical (unpaired) electrons. The molecule has 9 heteroatoms. The molecule has 0 saturated heterocycles. The molecule has 0 spiro atoms. The number of benzene rings is 1. The van der Waals surface area contributed by atoms with Gasteiger partial charge in [0.1, 0.15) is 0 Å². The van der Waals surface area contributed by atoms with E-state index in [4.69, 9.17) is 0 Å². The highest BCUT2D eigenvalue weighted by Gasteiger charge is 2.14. The molecule has 1 N–H and O–H groups in total. The Balaban J connectivity index is 1.66. The molecule has 0 saturated carbocycles. The van der Waals surface area contributed by atoms with E-state index in [2.05, 4.69) is 15.1 Å². The van der Waals surface area contributed by atoms with Crippen molar-refractivity contribution in [3.63, 3.8) is 0 Å². The van der Waals surface area contributed by atoms with E-state index in [0.717, 1.165) is 5.41 Å². The highest BCUT2D eigenvalue weighted by atomic mass is 32.2. The van der Waals surface area contributed by atoms with Crippen molar-refractivity contribution in [3.05, 3.63) is 65.6 Å². The van der Waals surface area contributed by atoms with E-state index in [9.17, 15) is 13.2 Å². The summed E-state index contributed by atoms with van der Waals surface area (Å²) in [5.74, 6) is -0.191. The van der Waals surface area contributed by atoms with Crippen LogP contribution in [0, 0.1) is 0 Å². The van der Waals surface area contributed by atoms with Crippen LogP contribution in [0.25, 0.3) is 11.9 Å². The SMILES string of the molecule is O=C(Cc1nc2ncccn2n1)NS(=O)(=O)C=Cc1ccccc1. The van der Waals surface area contributed by atoms with Gasteiger partial charge in [0.2, 0.25) is 5.91 Å². The number of carbonyl (C=O) groups is 1. The van der Waals surface area contributed by atoms with Crippen LogP contribution in [-0.2, 0) is 21.2 Å². The van der Waals surface area contributed by atoms with E-state index >= 15 is 0 Å². The molecule has 2 heterocycles. The maximum Gasteiger partial charge on any atom is 0.257 e. The van der Waals surface area contributed by atoms with Crippen LogP contribution in [0.5, 0.6) is 0 Å². The first kappa shape index (κ1) is 15.8. The van der Waals surface area contributed by atoms with Crippen LogP contribution < -0.4 is 4.72 Å². The molecule has 0 fully saturated rings. The molecular formula is C15H13N5O3S. The first-order valence-electron chi connectivity index (χ1n) is 6.97. The summed E-state index contributed by atoms with van der Waals surface area (Å²) in [6, 6.07) is 10.6. The maximum absolute atomic E-state index is 11.9. The first-order valence-corrected chi connectivity index (χ1v) is 8.51. The molecule has 0 aliphatic carbocycles. The van der Waals surface area contributed by atoms with Gasteiger partial charge in [0, 0.05) is 12.4 Å². The minimum Gasteiger partial charge on any atom is -0.274 e. The summed E-state index contributed by atoms with van der Waals surface area (Å²) in [5, 5.41) is 4.99. The zero-order valence-electron chi connectivity index (χ0n) is 12.4. The van der Waals surface area contributed by atoms with E-state index in [1.54, 1.807) is 42.7 Å². The van der Waals surface area contributed by atoms with Gasteiger partial charge in [-0.15, -0.1) is 5.10 Å². The summed E-state index contributed by atoms with van der Waals surface area (Å²) in [6.07, 6.45) is 4.33. The van der Waals surface area contributed by atoms with Crippen molar-refractivity contribution in [1.82, 2.24) is 24.3 Å². The summed E-state index contributed by atoms with van der Waals surface area (Å²) in [7, 11) is -3.89. The molecular weight excluding hydrogens is 330 g/mol.